The van der Waals surface area contributed by atoms with E-state index in [1.165, 1.54) is 0 Å². The first-order chi connectivity index (χ1) is 12.5. The molecule has 1 atom stereocenters. The second-order valence-corrected chi connectivity index (χ2v) is 6.32. The summed E-state index contributed by atoms with van der Waals surface area (Å²) >= 11 is 0. The molecule has 5 heteroatoms. The summed E-state index contributed by atoms with van der Waals surface area (Å²) in [7, 11) is 5.29. The summed E-state index contributed by atoms with van der Waals surface area (Å²) < 4.78 is 7.07. The van der Waals surface area contributed by atoms with Gasteiger partial charge in [-0.25, -0.2) is 0 Å². The summed E-state index contributed by atoms with van der Waals surface area (Å²) in [6.07, 6.45) is 3.33. The van der Waals surface area contributed by atoms with Crippen LogP contribution in [0.3, 0.4) is 0 Å². The number of ether oxygens (including phenoxy) is 1. The van der Waals surface area contributed by atoms with Crippen molar-refractivity contribution in [3.05, 3.63) is 72.1 Å². The van der Waals surface area contributed by atoms with Crippen molar-refractivity contribution >= 4 is 5.91 Å². The van der Waals surface area contributed by atoms with Crippen LogP contribution < -0.4 is 4.74 Å². The number of aryl methyl sites for hydroxylation is 1. The fourth-order valence-electron chi connectivity index (χ4n) is 2.96. The van der Waals surface area contributed by atoms with Gasteiger partial charge in [-0.15, -0.1) is 0 Å². The van der Waals surface area contributed by atoms with Crippen molar-refractivity contribution in [1.29, 1.82) is 0 Å². The number of rotatable bonds is 5. The average molecular weight is 349 g/mol. The lowest BCUT2D eigenvalue weighted by Crippen LogP contribution is -2.29. The molecule has 0 saturated carbocycles. The number of para-hydroxylation sites is 1. The quantitative estimate of drug-likeness (QED) is 0.701. The third-order valence-corrected chi connectivity index (χ3v) is 4.66. The molecule has 0 radical (unpaired) electrons. The smallest absolute Gasteiger partial charge is 0.257 e. The van der Waals surface area contributed by atoms with E-state index in [2.05, 4.69) is 29.4 Å². The number of benzene rings is 2. The summed E-state index contributed by atoms with van der Waals surface area (Å²) in [5, 5.41) is 4.07. The molecule has 0 aliphatic carbocycles. The normalized spacial score (nSPS) is 11.8. The van der Waals surface area contributed by atoms with Crippen molar-refractivity contribution in [2.45, 2.75) is 13.0 Å². The average Bonchev–Trinajstić information content (AvgIpc) is 3.12. The van der Waals surface area contributed by atoms with Crippen molar-refractivity contribution in [3.8, 4) is 16.9 Å². The highest BCUT2D eigenvalue weighted by Crippen LogP contribution is 2.31. The summed E-state index contributed by atoms with van der Waals surface area (Å²) in [5.41, 5.74) is 3.80. The molecule has 0 fully saturated rings. The van der Waals surface area contributed by atoms with E-state index < -0.39 is 0 Å². The van der Waals surface area contributed by atoms with E-state index in [0.717, 1.165) is 22.4 Å². The van der Waals surface area contributed by atoms with Gasteiger partial charge in [0.1, 0.15) is 5.75 Å². The Kier molecular flexibility index (Phi) is 5.07. The van der Waals surface area contributed by atoms with E-state index in [-0.39, 0.29) is 11.9 Å². The van der Waals surface area contributed by atoms with E-state index in [1.54, 1.807) is 36.1 Å². The SMILES string of the molecule is COc1ccccc1-c1ccc([C@@H](C)N(C)C(=O)c2cnn(C)c2)cc1. The molecule has 1 amide bonds. The van der Waals surface area contributed by atoms with Crippen LogP contribution in [0.5, 0.6) is 5.75 Å². The molecule has 0 aliphatic heterocycles. The highest BCUT2D eigenvalue weighted by atomic mass is 16.5. The van der Waals surface area contributed by atoms with E-state index in [9.17, 15) is 4.79 Å². The zero-order chi connectivity index (χ0) is 18.7. The molecule has 1 heterocycles. The van der Waals surface area contributed by atoms with E-state index >= 15 is 0 Å². The third kappa shape index (κ3) is 3.47. The minimum Gasteiger partial charge on any atom is -0.496 e. The van der Waals surface area contributed by atoms with E-state index in [4.69, 9.17) is 4.74 Å². The Morgan fingerprint density at radius 2 is 1.85 bits per heavy atom. The first kappa shape index (κ1) is 17.7. The fourth-order valence-corrected chi connectivity index (χ4v) is 2.96. The fraction of sp³-hybridized carbons (Fsp3) is 0.238. The Morgan fingerprint density at radius 1 is 1.15 bits per heavy atom. The second-order valence-electron chi connectivity index (χ2n) is 6.32. The molecule has 0 bridgehead atoms. The first-order valence-electron chi connectivity index (χ1n) is 8.50. The number of carbonyl (C=O) groups is 1. The number of hydrogen-bond donors (Lipinski definition) is 0. The van der Waals surface area contributed by atoms with Gasteiger partial charge in [0.05, 0.1) is 24.9 Å². The van der Waals surface area contributed by atoms with Crippen LogP contribution in [0.2, 0.25) is 0 Å². The number of aromatic nitrogens is 2. The van der Waals surface area contributed by atoms with Gasteiger partial charge in [-0.05, 0) is 24.1 Å². The summed E-state index contributed by atoms with van der Waals surface area (Å²) in [6, 6.07) is 16.1. The molecular weight excluding hydrogens is 326 g/mol. The standard InChI is InChI=1S/C21H23N3O2/c1-15(24(3)21(25)18-13-22-23(2)14-18)16-9-11-17(12-10-16)19-7-5-6-8-20(19)26-4/h5-15H,1-4H3/t15-/m1/s1. The number of amides is 1. The molecule has 0 unspecified atom stereocenters. The molecule has 0 aliphatic rings. The number of hydrogen-bond acceptors (Lipinski definition) is 3. The lowest BCUT2D eigenvalue weighted by atomic mass is 10.00. The molecule has 1 aromatic heterocycles. The molecule has 3 rings (SSSR count). The van der Waals surface area contributed by atoms with Crippen LogP contribution in [0.15, 0.2) is 60.9 Å². The Labute approximate surface area is 153 Å². The van der Waals surface area contributed by atoms with E-state index in [1.807, 2.05) is 38.2 Å². The van der Waals surface area contributed by atoms with Gasteiger partial charge in [0.25, 0.3) is 5.91 Å². The minimum absolute atomic E-state index is 0.0422. The van der Waals surface area contributed by atoms with Crippen LogP contribution in [0.4, 0.5) is 0 Å². The summed E-state index contributed by atoms with van der Waals surface area (Å²) in [5.74, 6) is 0.802. The molecule has 3 aromatic rings. The zero-order valence-electron chi connectivity index (χ0n) is 15.5. The van der Waals surface area contributed by atoms with Crippen molar-refractivity contribution in [2.24, 2.45) is 7.05 Å². The first-order valence-corrected chi connectivity index (χ1v) is 8.50. The van der Waals surface area contributed by atoms with Crippen molar-refractivity contribution < 1.29 is 9.53 Å². The van der Waals surface area contributed by atoms with Crippen LogP contribution in [-0.4, -0.2) is 34.7 Å². The highest BCUT2D eigenvalue weighted by molar-refractivity contribution is 5.93. The molecule has 0 saturated heterocycles. The van der Waals surface area contributed by atoms with Gasteiger partial charge in [-0.3, -0.25) is 9.48 Å². The second kappa shape index (κ2) is 7.44. The predicted molar refractivity (Wildman–Crippen MR) is 102 cm³/mol. The number of nitrogens with zero attached hydrogens (tertiary/aromatic N) is 3. The highest BCUT2D eigenvalue weighted by Gasteiger charge is 2.20. The Balaban J connectivity index is 1.80. The molecule has 0 spiro atoms. The molecular formula is C21H23N3O2. The molecule has 0 N–H and O–H groups in total. The molecule has 5 nitrogen and oxygen atoms in total. The number of carbonyl (C=O) groups excluding carboxylic acids is 1. The summed E-state index contributed by atoms with van der Waals surface area (Å²) in [4.78, 5) is 14.3. The molecule has 2 aromatic carbocycles. The van der Waals surface area contributed by atoms with Gasteiger partial charge < -0.3 is 9.64 Å². The topological polar surface area (TPSA) is 47.4 Å². The van der Waals surface area contributed by atoms with Crippen LogP contribution in [0.1, 0.15) is 28.9 Å². The van der Waals surface area contributed by atoms with Gasteiger partial charge in [-0.2, -0.15) is 5.10 Å². The third-order valence-electron chi connectivity index (χ3n) is 4.66. The van der Waals surface area contributed by atoms with Crippen LogP contribution >= 0.6 is 0 Å². The van der Waals surface area contributed by atoms with Gasteiger partial charge in [0, 0.05) is 25.9 Å². The van der Waals surface area contributed by atoms with Crippen molar-refractivity contribution in [2.75, 3.05) is 14.2 Å². The van der Waals surface area contributed by atoms with Gasteiger partial charge >= 0.3 is 0 Å². The van der Waals surface area contributed by atoms with Crippen LogP contribution in [0.25, 0.3) is 11.1 Å². The number of methoxy groups -OCH3 is 1. The van der Waals surface area contributed by atoms with Gasteiger partial charge in [-0.1, -0.05) is 42.5 Å². The predicted octanol–water partition coefficient (Wildman–Crippen LogP) is 3.93. The van der Waals surface area contributed by atoms with Gasteiger partial charge in [0.2, 0.25) is 0 Å². The van der Waals surface area contributed by atoms with Crippen molar-refractivity contribution in [1.82, 2.24) is 14.7 Å². The molecule has 134 valence electrons. The van der Waals surface area contributed by atoms with Crippen LogP contribution in [0, 0.1) is 0 Å². The lowest BCUT2D eigenvalue weighted by molar-refractivity contribution is 0.0742. The minimum atomic E-state index is -0.0468. The van der Waals surface area contributed by atoms with E-state index in [0.29, 0.717) is 5.56 Å². The monoisotopic (exact) mass is 349 g/mol. The Bertz CT molecular complexity index is 900. The zero-order valence-corrected chi connectivity index (χ0v) is 15.5. The molecule has 26 heavy (non-hydrogen) atoms. The largest absolute Gasteiger partial charge is 0.496 e. The summed E-state index contributed by atoms with van der Waals surface area (Å²) in [6.45, 7) is 2.02. The van der Waals surface area contributed by atoms with Crippen molar-refractivity contribution in [3.63, 3.8) is 0 Å². The Morgan fingerprint density at radius 3 is 2.46 bits per heavy atom. The maximum absolute atomic E-state index is 12.6. The Hall–Kier alpha value is -3.08. The maximum atomic E-state index is 12.6. The lowest BCUT2D eigenvalue weighted by Gasteiger charge is -2.25. The van der Waals surface area contributed by atoms with Crippen LogP contribution in [-0.2, 0) is 7.05 Å². The maximum Gasteiger partial charge on any atom is 0.257 e. The van der Waals surface area contributed by atoms with Gasteiger partial charge in [0.15, 0.2) is 0 Å².